The Morgan fingerprint density at radius 1 is 1.50 bits per heavy atom. The lowest BCUT2D eigenvalue weighted by molar-refractivity contribution is 0.321. The highest BCUT2D eigenvalue weighted by Gasteiger charge is 2.08. The van der Waals surface area contributed by atoms with Gasteiger partial charge >= 0.3 is 0 Å². The highest BCUT2D eigenvalue weighted by atomic mass is 19.1. The van der Waals surface area contributed by atoms with Gasteiger partial charge in [0.05, 0.1) is 12.3 Å². The van der Waals surface area contributed by atoms with Crippen LogP contribution in [0.15, 0.2) is 37.1 Å². The lowest BCUT2D eigenvalue weighted by atomic mass is 10.3. The van der Waals surface area contributed by atoms with Gasteiger partial charge in [0.25, 0.3) is 0 Å². The van der Waals surface area contributed by atoms with Gasteiger partial charge in [0, 0.05) is 24.5 Å². The van der Waals surface area contributed by atoms with Gasteiger partial charge in [-0.3, -0.25) is 0 Å². The van der Waals surface area contributed by atoms with Crippen molar-refractivity contribution in [2.24, 2.45) is 0 Å². The Hall–Kier alpha value is -2.30. The van der Waals surface area contributed by atoms with Crippen LogP contribution in [0.3, 0.4) is 0 Å². The summed E-state index contributed by atoms with van der Waals surface area (Å²) in [5.41, 5.74) is 1.52. The molecule has 0 bridgehead atoms. The average Bonchev–Trinajstić information content (AvgIpc) is 2.74. The third kappa shape index (κ3) is 3.17. The number of halogens is 1. The Balaban J connectivity index is 2.21. The van der Waals surface area contributed by atoms with Crippen molar-refractivity contribution in [3.05, 3.63) is 48.6 Å². The molecule has 0 spiro atoms. The second kappa shape index (κ2) is 6.23. The molecule has 5 heteroatoms. The summed E-state index contributed by atoms with van der Waals surface area (Å²) in [6.07, 6.45) is 3.69. The number of aryl methyl sites for hydroxylation is 1. The minimum atomic E-state index is -0.393. The summed E-state index contributed by atoms with van der Waals surface area (Å²) in [7, 11) is 0. The van der Waals surface area contributed by atoms with E-state index < -0.39 is 5.82 Å². The molecule has 0 aliphatic heterocycles. The molecule has 1 aromatic carbocycles. The molecule has 20 heavy (non-hydrogen) atoms. The number of allylic oxidation sites excluding steroid dienone is 1. The van der Waals surface area contributed by atoms with Crippen LogP contribution in [-0.4, -0.2) is 16.2 Å². The van der Waals surface area contributed by atoms with Crippen LogP contribution in [0.2, 0.25) is 0 Å². The molecule has 2 aromatic rings. The van der Waals surface area contributed by atoms with Gasteiger partial charge in [-0.2, -0.15) is 0 Å². The lowest BCUT2D eigenvalue weighted by Crippen LogP contribution is -2.02. The topological polar surface area (TPSA) is 39.1 Å². The molecular formula is C15H18FN3O. The fourth-order valence-corrected chi connectivity index (χ4v) is 1.91. The summed E-state index contributed by atoms with van der Waals surface area (Å²) in [5.74, 6) is 0.519. The summed E-state index contributed by atoms with van der Waals surface area (Å²) in [6, 6.07) is 4.76. The van der Waals surface area contributed by atoms with Gasteiger partial charge in [-0.25, -0.2) is 9.37 Å². The first-order valence-electron chi connectivity index (χ1n) is 6.48. The first-order valence-corrected chi connectivity index (χ1v) is 6.48. The number of nitrogens with one attached hydrogen (secondary N) is 1. The number of rotatable bonds is 6. The molecule has 0 saturated carbocycles. The predicted octanol–water partition coefficient (Wildman–Crippen LogP) is 3.66. The first kappa shape index (κ1) is 14.1. The molecule has 1 aromatic heterocycles. The number of nitrogens with zero attached hydrogens (tertiary/aromatic N) is 2. The average molecular weight is 275 g/mol. The van der Waals surface area contributed by atoms with Gasteiger partial charge in [-0.1, -0.05) is 6.08 Å². The highest BCUT2D eigenvalue weighted by Crippen LogP contribution is 2.23. The lowest BCUT2D eigenvalue weighted by Gasteiger charge is -2.10. The van der Waals surface area contributed by atoms with Crippen molar-refractivity contribution < 1.29 is 9.13 Å². The van der Waals surface area contributed by atoms with Crippen LogP contribution in [0.5, 0.6) is 5.75 Å². The zero-order valence-corrected chi connectivity index (χ0v) is 11.7. The van der Waals surface area contributed by atoms with E-state index in [9.17, 15) is 4.39 Å². The normalized spacial score (nSPS) is 10.3. The number of hydrogen-bond donors (Lipinski definition) is 1. The Kier molecular flexibility index (Phi) is 4.40. The molecule has 1 heterocycles. The molecule has 106 valence electrons. The number of hydrogen-bond acceptors (Lipinski definition) is 3. The molecule has 0 unspecified atom stereocenters. The largest absolute Gasteiger partial charge is 0.491 e. The van der Waals surface area contributed by atoms with Crippen molar-refractivity contribution in [3.8, 4) is 5.75 Å². The molecule has 0 saturated heterocycles. The highest BCUT2D eigenvalue weighted by molar-refractivity contribution is 5.55. The maximum atomic E-state index is 13.8. The smallest absolute Gasteiger partial charge is 0.207 e. The molecule has 4 nitrogen and oxygen atoms in total. The van der Waals surface area contributed by atoms with E-state index in [2.05, 4.69) is 16.9 Å². The van der Waals surface area contributed by atoms with Crippen molar-refractivity contribution in [1.82, 2.24) is 9.55 Å². The zero-order chi connectivity index (χ0) is 14.5. The SMILES string of the molecule is C=CCn1cc(C)nc1Nc1ccc(OCC)c(F)c1. The molecule has 0 aliphatic carbocycles. The second-order valence-corrected chi connectivity index (χ2v) is 4.35. The Morgan fingerprint density at radius 2 is 2.30 bits per heavy atom. The number of aromatic nitrogens is 2. The predicted molar refractivity (Wildman–Crippen MR) is 78.0 cm³/mol. The van der Waals surface area contributed by atoms with E-state index in [-0.39, 0.29) is 5.75 Å². The number of benzene rings is 1. The summed E-state index contributed by atoms with van der Waals surface area (Å²) in [5, 5.41) is 3.10. The van der Waals surface area contributed by atoms with Crippen molar-refractivity contribution in [2.45, 2.75) is 20.4 Å². The van der Waals surface area contributed by atoms with Crippen molar-refractivity contribution in [2.75, 3.05) is 11.9 Å². The van der Waals surface area contributed by atoms with Gasteiger partial charge < -0.3 is 14.6 Å². The van der Waals surface area contributed by atoms with Crippen LogP contribution in [0.1, 0.15) is 12.6 Å². The van der Waals surface area contributed by atoms with Gasteiger partial charge in [0.2, 0.25) is 5.95 Å². The zero-order valence-electron chi connectivity index (χ0n) is 11.7. The summed E-state index contributed by atoms with van der Waals surface area (Å²) in [6.45, 7) is 8.51. The number of imidazole rings is 1. The molecule has 0 radical (unpaired) electrons. The fraction of sp³-hybridized carbons (Fsp3) is 0.267. The fourth-order valence-electron chi connectivity index (χ4n) is 1.91. The van der Waals surface area contributed by atoms with Crippen LogP contribution in [0.4, 0.5) is 16.0 Å². The van der Waals surface area contributed by atoms with E-state index in [4.69, 9.17) is 4.74 Å². The quantitative estimate of drug-likeness (QED) is 0.818. The van der Waals surface area contributed by atoms with Crippen molar-refractivity contribution in [1.29, 1.82) is 0 Å². The van der Waals surface area contributed by atoms with E-state index in [0.717, 1.165) is 5.69 Å². The summed E-state index contributed by atoms with van der Waals surface area (Å²) < 4.78 is 20.9. The molecule has 0 amide bonds. The van der Waals surface area contributed by atoms with E-state index in [1.165, 1.54) is 6.07 Å². The summed E-state index contributed by atoms with van der Waals surface area (Å²) in [4.78, 5) is 4.36. The van der Waals surface area contributed by atoms with Crippen molar-refractivity contribution >= 4 is 11.6 Å². The third-order valence-corrected chi connectivity index (χ3v) is 2.71. The molecule has 1 N–H and O–H groups in total. The third-order valence-electron chi connectivity index (χ3n) is 2.71. The Bertz CT molecular complexity index is 607. The second-order valence-electron chi connectivity index (χ2n) is 4.35. The monoisotopic (exact) mass is 275 g/mol. The van der Waals surface area contributed by atoms with E-state index >= 15 is 0 Å². The minimum absolute atomic E-state index is 0.253. The van der Waals surface area contributed by atoms with E-state index in [0.29, 0.717) is 24.8 Å². The molecule has 0 atom stereocenters. The van der Waals surface area contributed by atoms with E-state index in [1.807, 2.05) is 24.6 Å². The molecule has 0 aliphatic rings. The van der Waals surface area contributed by atoms with Crippen LogP contribution in [-0.2, 0) is 6.54 Å². The number of ether oxygens (including phenoxy) is 1. The summed E-state index contributed by atoms with van der Waals surface area (Å²) >= 11 is 0. The van der Waals surface area contributed by atoms with Gasteiger partial charge in [0.1, 0.15) is 0 Å². The molecular weight excluding hydrogens is 257 g/mol. The maximum Gasteiger partial charge on any atom is 0.207 e. The van der Waals surface area contributed by atoms with E-state index in [1.54, 1.807) is 18.2 Å². The number of anilines is 2. The van der Waals surface area contributed by atoms with Crippen LogP contribution in [0.25, 0.3) is 0 Å². The standard InChI is InChI=1S/C15H18FN3O/c1-4-8-19-10-11(3)17-15(19)18-12-6-7-14(20-5-2)13(16)9-12/h4,6-7,9-10H,1,5,8H2,2-3H3,(H,17,18). The van der Waals surface area contributed by atoms with Gasteiger partial charge in [-0.15, -0.1) is 6.58 Å². The molecule has 2 rings (SSSR count). The van der Waals surface area contributed by atoms with Gasteiger partial charge in [0.15, 0.2) is 11.6 Å². The first-order chi connectivity index (χ1) is 9.63. The van der Waals surface area contributed by atoms with Gasteiger partial charge in [-0.05, 0) is 26.0 Å². The molecule has 0 fully saturated rings. The minimum Gasteiger partial charge on any atom is -0.491 e. The van der Waals surface area contributed by atoms with Crippen molar-refractivity contribution in [3.63, 3.8) is 0 Å². The van der Waals surface area contributed by atoms with Crippen LogP contribution in [0, 0.1) is 12.7 Å². The maximum absolute atomic E-state index is 13.8. The Labute approximate surface area is 117 Å². The van der Waals surface area contributed by atoms with Crippen LogP contribution >= 0.6 is 0 Å². The van der Waals surface area contributed by atoms with Crippen LogP contribution < -0.4 is 10.1 Å². The Morgan fingerprint density at radius 3 is 2.95 bits per heavy atom.